The molecule has 1 aromatic carbocycles. The van der Waals surface area contributed by atoms with E-state index in [9.17, 15) is 0 Å². The van der Waals surface area contributed by atoms with Crippen molar-refractivity contribution < 1.29 is 0 Å². The summed E-state index contributed by atoms with van der Waals surface area (Å²) >= 11 is 5.84. The summed E-state index contributed by atoms with van der Waals surface area (Å²) < 4.78 is 0. The molecule has 0 saturated heterocycles. The summed E-state index contributed by atoms with van der Waals surface area (Å²) in [7, 11) is 0. The van der Waals surface area contributed by atoms with Gasteiger partial charge in [0.05, 0.1) is 0 Å². The summed E-state index contributed by atoms with van der Waals surface area (Å²) in [5.41, 5.74) is 2.33. The molecule has 1 aromatic heterocycles. The second-order valence-electron chi connectivity index (χ2n) is 4.10. The molecule has 3 heteroatoms. The summed E-state index contributed by atoms with van der Waals surface area (Å²) in [5, 5.41) is 3.92. The van der Waals surface area contributed by atoms with Crippen LogP contribution < -0.4 is 5.32 Å². The minimum Gasteiger partial charge on any atom is -0.382 e. The Bertz CT molecular complexity index is 471. The molecule has 0 saturated carbocycles. The van der Waals surface area contributed by atoms with Gasteiger partial charge in [0, 0.05) is 17.9 Å². The third-order valence-corrected chi connectivity index (χ3v) is 2.73. The fraction of sp³-hybridized carbons (Fsp3) is 0.214. The van der Waals surface area contributed by atoms with Crippen LogP contribution in [-0.2, 0) is 6.42 Å². The Morgan fingerprint density at radius 2 is 2.00 bits per heavy atom. The summed E-state index contributed by atoms with van der Waals surface area (Å²) in [4.78, 5) is 3.96. The number of nitrogens with zero attached hydrogens (tertiary/aromatic N) is 1. The molecule has 0 bridgehead atoms. The topological polar surface area (TPSA) is 24.9 Å². The molecule has 1 unspecified atom stereocenters. The van der Waals surface area contributed by atoms with Gasteiger partial charge in [-0.3, -0.25) is 0 Å². The maximum absolute atomic E-state index is 5.84. The zero-order valence-corrected chi connectivity index (χ0v) is 10.5. The third kappa shape index (κ3) is 3.75. The second kappa shape index (κ2) is 5.69. The van der Waals surface area contributed by atoms with E-state index in [1.807, 2.05) is 18.2 Å². The SMILES string of the molecule is CC(Cc1ccccc1)Nc1ccnc(Cl)c1. The van der Waals surface area contributed by atoms with Crippen molar-refractivity contribution in [3.63, 3.8) is 0 Å². The number of benzene rings is 1. The van der Waals surface area contributed by atoms with Crippen molar-refractivity contribution in [3.8, 4) is 0 Å². The van der Waals surface area contributed by atoms with Gasteiger partial charge < -0.3 is 5.32 Å². The van der Waals surface area contributed by atoms with Crippen molar-refractivity contribution in [1.29, 1.82) is 0 Å². The van der Waals surface area contributed by atoms with Gasteiger partial charge in [-0.15, -0.1) is 0 Å². The van der Waals surface area contributed by atoms with Gasteiger partial charge in [0.25, 0.3) is 0 Å². The normalized spacial score (nSPS) is 12.1. The standard InChI is InChI=1S/C14H15ClN2/c1-11(9-12-5-3-2-4-6-12)17-13-7-8-16-14(15)10-13/h2-8,10-11H,9H2,1H3,(H,16,17). The van der Waals surface area contributed by atoms with Gasteiger partial charge in [-0.05, 0) is 31.0 Å². The number of hydrogen-bond acceptors (Lipinski definition) is 2. The van der Waals surface area contributed by atoms with Crippen molar-refractivity contribution in [1.82, 2.24) is 4.98 Å². The first-order valence-corrected chi connectivity index (χ1v) is 6.04. The van der Waals surface area contributed by atoms with E-state index in [0.29, 0.717) is 11.2 Å². The van der Waals surface area contributed by atoms with Crippen LogP contribution in [-0.4, -0.2) is 11.0 Å². The van der Waals surface area contributed by atoms with Crippen LogP contribution in [0.1, 0.15) is 12.5 Å². The molecule has 2 rings (SSSR count). The summed E-state index contributed by atoms with van der Waals surface area (Å²) in [6.07, 6.45) is 2.70. The van der Waals surface area contributed by atoms with Gasteiger partial charge in [-0.1, -0.05) is 41.9 Å². The van der Waals surface area contributed by atoms with E-state index >= 15 is 0 Å². The van der Waals surface area contributed by atoms with E-state index < -0.39 is 0 Å². The molecule has 0 fully saturated rings. The number of hydrogen-bond donors (Lipinski definition) is 1. The van der Waals surface area contributed by atoms with Gasteiger partial charge >= 0.3 is 0 Å². The highest BCUT2D eigenvalue weighted by atomic mass is 35.5. The number of halogens is 1. The van der Waals surface area contributed by atoms with E-state index in [0.717, 1.165) is 12.1 Å². The fourth-order valence-electron chi connectivity index (χ4n) is 1.80. The lowest BCUT2D eigenvalue weighted by molar-refractivity contribution is 0.790. The molecule has 0 spiro atoms. The van der Waals surface area contributed by atoms with Crippen LogP contribution in [0.4, 0.5) is 5.69 Å². The molecule has 2 nitrogen and oxygen atoms in total. The van der Waals surface area contributed by atoms with Crippen molar-refractivity contribution in [2.24, 2.45) is 0 Å². The maximum Gasteiger partial charge on any atom is 0.131 e. The van der Waals surface area contributed by atoms with E-state index in [-0.39, 0.29) is 0 Å². The molecular formula is C14H15ClN2. The lowest BCUT2D eigenvalue weighted by Crippen LogP contribution is -2.17. The molecule has 0 amide bonds. The Morgan fingerprint density at radius 3 is 2.71 bits per heavy atom. The molecule has 88 valence electrons. The molecule has 0 aliphatic heterocycles. The Hall–Kier alpha value is -1.54. The highest BCUT2D eigenvalue weighted by molar-refractivity contribution is 6.29. The number of aromatic nitrogens is 1. The smallest absolute Gasteiger partial charge is 0.131 e. The average Bonchev–Trinajstić information content (AvgIpc) is 2.30. The van der Waals surface area contributed by atoms with Crippen molar-refractivity contribution >= 4 is 17.3 Å². The molecule has 0 aliphatic rings. The average molecular weight is 247 g/mol. The Labute approximate surface area is 107 Å². The minimum atomic E-state index is 0.357. The minimum absolute atomic E-state index is 0.357. The van der Waals surface area contributed by atoms with Gasteiger partial charge in [-0.2, -0.15) is 0 Å². The summed E-state index contributed by atoms with van der Waals surface area (Å²) in [6, 6.07) is 14.5. The lowest BCUT2D eigenvalue weighted by Gasteiger charge is -2.15. The van der Waals surface area contributed by atoms with E-state index in [4.69, 9.17) is 11.6 Å². The van der Waals surface area contributed by atoms with Gasteiger partial charge in [0.1, 0.15) is 5.15 Å². The maximum atomic E-state index is 5.84. The van der Waals surface area contributed by atoms with Crippen LogP contribution in [0.25, 0.3) is 0 Å². The Morgan fingerprint density at radius 1 is 1.24 bits per heavy atom. The molecule has 17 heavy (non-hydrogen) atoms. The van der Waals surface area contributed by atoms with Crippen LogP contribution in [0.2, 0.25) is 5.15 Å². The number of nitrogens with one attached hydrogen (secondary N) is 1. The summed E-state index contributed by atoms with van der Waals surface area (Å²) in [5.74, 6) is 0. The van der Waals surface area contributed by atoms with Crippen molar-refractivity contribution in [3.05, 3.63) is 59.4 Å². The summed E-state index contributed by atoms with van der Waals surface area (Å²) in [6.45, 7) is 2.15. The molecule has 1 N–H and O–H groups in total. The van der Waals surface area contributed by atoms with Crippen molar-refractivity contribution in [2.75, 3.05) is 5.32 Å². The van der Waals surface area contributed by atoms with E-state index in [1.165, 1.54) is 5.56 Å². The van der Waals surface area contributed by atoms with E-state index in [2.05, 4.69) is 41.5 Å². The lowest BCUT2D eigenvalue weighted by atomic mass is 10.1. The zero-order valence-electron chi connectivity index (χ0n) is 9.73. The monoisotopic (exact) mass is 246 g/mol. The predicted molar refractivity (Wildman–Crippen MR) is 72.5 cm³/mol. The molecule has 1 heterocycles. The first-order chi connectivity index (χ1) is 8.24. The highest BCUT2D eigenvalue weighted by Gasteiger charge is 2.03. The van der Waals surface area contributed by atoms with Crippen LogP contribution in [0, 0.1) is 0 Å². The number of pyridine rings is 1. The number of rotatable bonds is 4. The second-order valence-corrected chi connectivity index (χ2v) is 4.49. The van der Waals surface area contributed by atoms with Gasteiger partial charge in [0.2, 0.25) is 0 Å². The third-order valence-electron chi connectivity index (χ3n) is 2.52. The van der Waals surface area contributed by atoms with Crippen LogP contribution >= 0.6 is 11.6 Å². The van der Waals surface area contributed by atoms with Crippen LogP contribution in [0.3, 0.4) is 0 Å². The first-order valence-electron chi connectivity index (χ1n) is 5.66. The first kappa shape index (κ1) is 11.9. The van der Waals surface area contributed by atoms with Crippen LogP contribution in [0.15, 0.2) is 48.7 Å². The van der Waals surface area contributed by atoms with Gasteiger partial charge in [-0.25, -0.2) is 4.98 Å². The fourth-order valence-corrected chi connectivity index (χ4v) is 1.97. The largest absolute Gasteiger partial charge is 0.382 e. The molecular weight excluding hydrogens is 232 g/mol. The molecule has 0 radical (unpaired) electrons. The highest BCUT2D eigenvalue weighted by Crippen LogP contribution is 2.14. The Balaban J connectivity index is 1.96. The quantitative estimate of drug-likeness (QED) is 0.831. The Kier molecular flexibility index (Phi) is 3.99. The van der Waals surface area contributed by atoms with E-state index in [1.54, 1.807) is 6.20 Å². The zero-order chi connectivity index (χ0) is 12.1. The molecule has 1 atom stereocenters. The predicted octanol–water partition coefficient (Wildman–Crippen LogP) is 3.78. The van der Waals surface area contributed by atoms with Gasteiger partial charge in [0.15, 0.2) is 0 Å². The molecule has 0 aliphatic carbocycles. The number of anilines is 1. The van der Waals surface area contributed by atoms with Crippen molar-refractivity contribution in [2.45, 2.75) is 19.4 Å². The van der Waals surface area contributed by atoms with Crippen LogP contribution in [0.5, 0.6) is 0 Å². The molecule has 2 aromatic rings.